The van der Waals surface area contributed by atoms with Gasteiger partial charge in [0.05, 0.1) is 13.2 Å². The van der Waals surface area contributed by atoms with Crippen LogP contribution in [0.3, 0.4) is 0 Å². The molecular formula is C14H16N2O. The van der Waals surface area contributed by atoms with Crippen LogP contribution in [0.5, 0.6) is 0 Å². The first-order chi connectivity index (χ1) is 8.45. The van der Waals surface area contributed by atoms with Crippen LogP contribution in [0.15, 0.2) is 49.1 Å². The van der Waals surface area contributed by atoms with Crippen molar-refractivity contribution >= 4 is 0 Å². The lowest BCUT2D eigenvalue weighted by molar-refractivity contribution is 0.140. The molecule has 2 rings (SSSR count). The summed E-state index contributed by atoms with van der Waals surface area (Å²) in [4.78, 5) is 8.13. The van der Waals surface area contributed by atoms with Gasteiger partial charge in [0.1, 0.15) is 0 Å². The van der Waals surface area contributed by atoms with Crippen LogP contribution < -0.4 is 0 Å². The van der Waals surface area contributed by atoms with E-state index in [4.69, 9.17) is 4.74 Å². The molecule has 0 radical (unpaired) electrons. The summed E-state index contributed by atoms with van der Waals surface area (Å²) in [6.07, 6.45) is 9.16. The molecule has 2 aromatic rings. The zero-order valence-electron chi connectivity index (χ0n) is 9.75. The van der Waals surface area contributed by atoms with Crippen molar-refractivity contribution in [2.24, 2.45) is 0 Å². The standard InChI is InChI=1S/C14H16N2O/c1-3-13(11-15-7-1)5-9-17-10-6-14-4-2-8-16-12-14/h1-4,7-8,11-12H,5-6,9-10H2. The molecule has 0 amide bonds. The lowest BCUT2D eigenvalue weighted by Gasteiger charge is -2.04. The Bertz CT molecular complexity index is 375. The minimum atomic E-state index is 0.742. The monoisotopic (exact) mass is 228 g/mol. The van der Waals surface area contributed by atoms with E-state index in [0.717, 1.165) is 26.1 Å². The Morgan fingerprint density at radius 2 is 1.35 bits per heavy atom. The largest absolute Gasteiger partial charge is 0.381 e. The van der Waals surface area contributed by atoms with Crippen molar-refractivity contribution in [2.75, 3.05) is 13.2 Å². The van der Waals surface area contributed by atoms with Crippen LogP contribution >= 0.6 is 0 Å². The summed E-state index contributed by atoms with van der Waals surface area (Å²) in [5.74, 6) is 0. The Labute approximate surface area is 102 Å². The van der Waals surface area contributed by atoms with Gasteiger partial charge in [-0.2, -0.15) is 0 Å². The summed E-state index contributed by atoms with van der Waals surface area (Å²) >= 11 is 0. The first-order valence-corrected chi connectivity index (χ1v) is 5.81. The average molecular weight is 228 g/mol. The van der Waals surface area contributed by atoms with Gasteiger partial charge in [-0.25, -0.2) is 0 Å². The molecule has 0 aromatic carbocycles. The van der Waals surface area contributed by atoms with Crippen LogP contribution in [0.4, 0.5) is 0 Å². The van der Waals surface area contributed by atoms with Crippen molar-refractivity contribution in [2.45, 2.75) is 12.8 Å². The van der Waals surface area contributed by atoms with Crippen LogP contribution in [-0.2, 0) is 17.6 Å². The molecule has 0 aliphatic heterocycles. The van der Waals surface area contributed by atoms with Gasteiger partial charge in [-0.15, -0.1) is 0 Å². The summed E-state index contributed by atoms with van der Waals surface area (Å²) < 4.78 is 5.59. The molecule has 0 spiro atoms. The fourth-order valence-corrected chi connectivity index (χ4v) is 1.57. The van der Waals surface area contributed by atoms with Crippen LogP contribution in [0.1, 0.15) is 11.1 Å². The van der Waals surface area contributed by atoms with E-state index in [1.54, 1.807) is 12.4 Å². The van der Waals surface area contributed by atoms with Gasteiger partial charge in [0.2, 0.25) is 0 Å². The first kappa shape index (κ1) is 11.7. The summed E-state index contributed by atoms with van der Waals surface area (Å²) in [5.41, 5.74) is 2.43. The van der Waals surface area contributed by atoms with E-state index in [1.807, 2.05) is 24.5 Å². The molecule has 0 atom stereocenters. The average Bonchev–Trinajstić information content (AvgIpc) is 2.41. The number of hydrogen-bond acceptors (Lipinski definition) is 3. The molecule has 3 heteroatoms. The summed E-state index contributed by atoms with van der Waals surface area (Å²) in [6, 6.07) is 8.03. The van der Waals surface area contributed by atoms with Gasteiger partial charge >= 0.3 is 0 Å². The quantitative estimate of drug-likeness (QED) is 0.711. The number of pyridine rings is 2. The Balaban J connectivity index is 1.61. The molecule has 0 N–H and O–H groups in total. The van der Waals surface area contributed by atoms with Crippen molar-refractivity contribution in [3.05, 3.63) is 60.2 Å². The third kappa shape index (κ3) is 4.33. The first-order valence-electron chi connectivity index (χ1n) is 5.81. The Hall–Kier alpha value is -1.74. The van der Waals surface area contributed by atoms with E-state index in [1.165, 1.54) is 11.1 Å². The third-order valence-electron chi connectivity index (χ3n) is 2.52. The molecular weight excluding hydrogens is 212 g/mol. The van der Waals surface area contributed by atoms with E-state index in [2.05, 4.69) is 22.1 Å². The Kier molecular flexibility index (Phi) is 4.67. The smallest absolute Gasteiger partial charge is 0.0507 e. The summed E-state index contributed by atoms with van der Waals surface area (Å²) in [5, 5.41) is 0. The van der Waals surface area contributed by atoms with Crippen LogP contribution in [0.25, 0.3) is 0 Å². The second-order valence-electron chi connectivity index (χ2n) is 3.83. The minimum Gasteiger partial charge on any atom is -0.381 e. The Morgan fingerprint density at radius 1 is 0.824 bits per heavy atom. The third-order valence-corrected chi connectivity index (χ3v) is 2.52. The molecule has 0 unspecified atom stereocenters. The molecule has 2 aromatic heterocycles. The van der Waals surface area contributed by atoms with Gasteiger partial charge in [0.15, 0.2) is 0 Å². The number of hydrogen-bond donors (Lipinski definition) is 0. The fourth-order valence-electron chi connectivity index (χ4n) is 1.57. The maximum atomic E-state index is 5.59. The lowest BCUT2D eigenvalue weighted by Crippen LogP contribution is -2.03. The molecule has 0 fully saturated rings. The molecule has 0 saturated carbocycles. The lowest BCUT2D eigenvalue weighted by atomic mass is 10.2. The molecule has 0 saturated heterocycles. The van der Waals surface area contributed by atoms with Crippen molar-refractivity contribution in [3.8, 4) is 0 Å². The topological polar surface area (TPSA) is 35.0 Å². The van der Waals surface area contributed by atoms with Crippen LogP contribution in [-0.4, -0.2) is 23.2 Å². The zero-order valence-corrected chi connectivity index (χ0v) is 9.75. The molecule has 0 bridgehead atoms. The zero-order chi connectivity index (χ0) is 11.8. The summed E-state index contributed by atoms with van der Waals surface area (Å²) in [6.45, 7) is 1.48. The van der Waals surface area contributed by atoms with E-state index < -0.39 is 0 Å². The van der Waals surface area contributed by atoms with Crippen molar-refractivity contribution in [1.82, 2.24) is 9.97 Å². The number of ether oxygens (including phenoxy) is 1. The highest BCUT2D eigenvalue weighted by molar-refractivity contribution is 5.09. The van der Waals surface area contributed by atoms with Gasteiger partial charge in [0, 0.05) is 24.8 Å². The number of aromatic nitrogens is 2. The van der Waals surface area contributed by atoms with Gasteiger partial charge in [-0.05, 0) is 36.1 Å². The molecule has 17 heavy (non-hydrogen) atoms. The molecule has 2 heterocycles. The van der Waals surface area contributed by atoms with Crippen molar-refractivity contribution in [1.29, 1.82) is 0 Å². The molecule has 0 aliphatic carbocycles. The predicted octanol–water partition coefficient (Wildman–Crippen LogP) is 2.28. The second kappa shape index (κ2) is 6.76. The van der Waals surface area contributed by atoms with E-state index in [0.29, 0.717) is 0 Å². The van der Waals surface area contributed by atoms with Gasteiger partial charge in [-0.1, -0.05) is 12.1 Å². The van der Waals surface area contributed by atoms with Gasteiger partial charge in [0.25, 0.3) is 0 Å². The van der Waals surface area contributed by atoms with Crippen LogP contribution in [0.2, 0.25) is 0 Å². The maximum Gasteiger partial charge on any atom is 0.0507 e. The Morgan fingerprint density at radius 3 is 1.76 bits per heavy atom. The maximum absolute atomic E-state index is 5.59. The van der Waals surface area contributed by atoms with E-state index in [-0.39, 0.29) is 0 Å². The normalized spacial score (nSPS) is 10.4. The fraction of sp³-hybridized carbons (Fsp3) is 0.286. The number of nitrogens with zero attached hydrogens (tertiary/aromatic N) is 2. The predicted molar refractivity (Wildman–Crippen MR) is 66.7 cm³/mol. The molecule has 88 valence electrons. The molecule has 3 nitrogen and oxygen atoms in total. The SMILES string of the molecule is c1cncc(CCOCCc2cccnc2)c1. The minimum absolute atomic E-state index is 0.742. The van der Waals surface area contributed by atoms with E-state index >= 15 is 0 Å². The van der Waals surface area contributed by atoms with Crippen molar-refractivity contribution in [3.63, 3.8) is 0 Å². The van der Waals surface area contributed by atoms with Crippen molar-refractivity contribution < 1.29 is 4.74 Å². The van der Waals surface area contributed by atoms with Gasteiger partial charge in [-0.3, -0.25) is 9.97 Å². The highest BCUT2D eigenvalue weighted by atomic mass is 16.5. The second-order valence-corrected chi connectivity index (χ2v) is 3.83. The number of rotatable bonds is 6. The van der Waals surface area contributed by atoms with E-state index in [9.17, 15) is 0 Å². The van der Waals surface area contributed by atoms with Gasteiger partial charge < -0.3 is 4.74 Å². The summed E-state index contributed by atoms with van der Waals surface area (Å²) in [7, 11) is 0. The van der Waals surface area contributed by atoms with Crippen LogP contribution in [0, 0.1) is 0 Å². The highest BCUT2D eigenvalue weighted by Gasteiger charge is 1.94. The molecule has 0 aliphatic rings. The highest BCUT2D eigenvalue weighted by Crippen LogP contribution is 1.99.